The van der Waals surface area contributed by atoms with Gasteiger partial charge in [0.05, 0.1) is 10.6 Å². The van der Waals surface area contributed by atoms with E-state index in [2.05, 4.69) is 10.4 Å². The van der Waals surface area contributed by atoms with Crippen LogP contribution >= 0.6 is 11.6 Å². The Labute approximate surface area is 122 Å². The Balaban J connectivity index is 2.33. The summed E-state index contributed by atoms with van der Waals surface area (Å²) >= 11 is 5.89. The summed E-state index contributed by atoms with van der Waals surface area (Å²) in [6, 6.07) is 1.29. The largest absolute Gasteiger partial charge is 0.389 e. The van der Waals surface area contributed by atoms with Crippen molar-refractivity contribution in [3.05, 3.63) is 17.3 Å². The van der Waals surface area contributed by atoms with Gasteiger partial charge in [0.1, 0.15) is 4.90 Å². The minimum atomic E-state index is -3.72. The van der Waals surface area contributed by atoms with Crippen molar-refractivity contribution in [2.75, 3.05) is 18.5 Å². The molecule has 0 aliphatic carbocycles. The molecule has 0 aromatic carbocycles. The average Bonchev–Trinajstić information content (AvgIpc) is 2.37. The fourth-order valence-corrected chi connectivity index (χ4v) is 4.05. The van der Waals surface area contributed by atoms with Crippen LogP contribution in [0.2, 0.25) is 5.02 Å². The van der Waals surface area contributed by atoms with E-state index in [-0.39, 0.29) is 22.3 Å². The first-order valence-corrected chi connectivity index (χ1v) is 7.93. The van der Waals surface area contributed by atoms with Gasteiger partial charge in [0.15, 0.2) is 5.82 Å². The van der Waals surface area contributed by atoms with Crippen molar-refractivity contribution in [2.45, 2.75) is 30.3 Å². The maximum atomic E-state index is 12.5. The topological polar surface area (TPSA) is 109 Å². The van der Waals surface area contributed by atoms with Crippen molar-refractivity contribution in [3.63, 3.8) is 0 Å². The number of hydrazine groups is 1. The zero-order chi connectivity index (χ0) is 15.0. The van der Waals surface area contributed by atoms with E-state index in [9.17, 15) is 13.5 Å². The molecule has 1 fully saturated rings. The summed E-state index contributed by atoms with van der Waals surface area (Å²) in [6.45, 7) is 2.05. The number of halogens is 1. The van der Waals surface area contributed by atoms with Gasteiger partial charge in [0.2, 0.25) is 10.0 Å². The van der Waals surface area contributed by atoms with Crippen LogP contribution in [0.25, 0.3) is 0 Å². The summed E-state index contributed by atoms with van der Waals surface area (Å²) in [7, 11) is -3.72. The Morgan fingerprint density at radius 2 is 2.30 bits per heavy atom. The van der Waals surface area contributed by atoms with E-state index in [1.807, 2.05) is 0 Å². The summed E-state index contributed by atoms with van der Waals surface area (Å²) < 4.78 is 26.2. The number of aliphatic hydroxyl groups is 1. The zero-order valence-electron chi connectivity index (χ0n) is 11.0. The van der Waals surface area contributed by atoms with Crippen molar-refractivity contribution in [1.82, 2.24) is 9.29 Å². The van der Waals surface area contributed by atoms with E-state index in [0.29, 0.717) is 19.4 Å². The number of hydrogen-bond acceptors (Lipinski definition) is 6. The monoisotopic (exact) mass is 320 g/mol. The molecule has 0 radical (unpaired) electrons. The highest BCUT2D eigenvalue weighted by Gasteiger charge is 2.35. The molecule has 1 atom stereocenters. The van der Waals surface area contributed by atoms with Crippen molar-refractivity contribution >= 4 is 27.4 Å². The molecule has 0 saturated carbocycles. The normalized spacial score (nSPS) is 24.6. The minimum absolute atomic E-state index is 0.0146. The van der Waals surface area contributed by atoms with Crippen LogP contribution in [0.1, 0.15) is 19.8 Å². The fourth-order valence-electron chi connectivity index (χ4n) is 2.20. The van der Waals surface area contributed by atoms with Gasteiger partial charge in [-0.15, -0.1) is 0 Å². The molecule has 112 valence electrons. The summed E-state index contributed by atoms with van der Waals surface area (Å²) in [5.74, 6) is 5.40. The van der Waals surface area contributed by atoms with Crippen LogP contribution < -0.4 is 11.3 Å². The Bertz CT molecular complexity index is 606. The molecular weight excluding hydrogens is 304 g/mol. The number of nitrogens with zero attached hydrogens (tertiary/aromatic N) is 2. The smallest absolute Gasteiger partial charge is 0.244 e. The Kier molecular flexibility index (Phi) is 4.22. The maximum Gasteiger partial charge on any atom is 0.244 e. The second-order valence-corrected chi connectivity index (χ2v) is 7.43. The lowest BCUT2D eigenvalue weighted by Crippen LogP contribution is -2.48. The van der Waals surface area contributed by atoms with Crippen LogP contribution in [0.3, 0.4) is 0 Å². The molecule has 20 heavy (non-hydrogen) atoms. The standard InChI is InChI=1S/C11H17ClN4O3S/c1-11(17)3-2-4-16(7-11)20(18,19)8-5-9(12)10(15-13)14-6-8/h5-6,17H,2-4,7,13H2,1H3,(H,14,15). The van der Waals surface area contributed by atoms with Gasteiger partial charge in [0.25, 0.3) is 0 Å². The fraction of sp³-hybridized carbons (Fsp3) is 0.545. The SMILES string of the molecule is CC1(O)CCCN(S(=O)(=O)c2cnc(NN)c(Cl)c2)C1. The molecule has 2 heterocycles. The predicted octanol–water partition coefficient (Wildman–Crippen LogP) is 0.556. The molecular formula is C11H17ClN4O3S. The molecule has 4 N–H and O–H groups in total. The molecule has 0 amide bonds. The number of β-amino-alcohol motifs (C(OH)–C–C–N with tert-alkyl or cyclic N) is 1. The third-order valence-corrected chi connectivity index (χ3v) is 5.33. The van der Waals surface area contributed by atoms with E-state index < -0.39 is 15.6 Å². The molecule has 1 unspecified atom stereocenters. The lowest BCUT2D eigenvalue weighted by atomic mass is 9.97. The van der Waals surface area contributed by atoms with Gasteiger partial charge in [-0.3, -0.25) is 0 Å². The van der Waals surface area contributed by atoms with Crippen LogP contribution in [-0.4, -0.2) is 41.5 Å². The zero-order valence-corrected chi connectivity index (χ0v) is 12.6. The molecule has 1 aliphatic rings. The van der Waals surface area contributed by atoms with Gasteiger partial charge in [-0.25, -0.2) is 19.2 Å². The Hall–Kier alpha value is -0.930. The number of nitrogen functional groups attached to an aromatic ring is 1. The number of nitrogens with one attached hydrogen (secondary N) is 1. The van der Waals surface area contributed by atoms with Crippen molar-refractivity contribution in [3.8, 4) is 0 Å². The van der Waals surface area contributed by atoms with Crippen LogP contribution in [0.4, 0.5) is 5.82 Å². The molecule has 0 spiro atoms. The lowest BCUT2D eigenvalue weighted by Gasteiger charge is -2.35. The van der Waals surface area contributed by atoms with Crippen molar-refractivity contribution < 1.29 is 13.5 Å². The first-order chi connectivity index (χ1) is 9.26. The second-order valence-electron chi connectivity index (χ2n) is 5.08. The van der Waals surface area contributed by atoms with E-state index in [4.69, 9.17) is 17.4 Å². The first-order valence-electron chi connectivity index (χ1n) is 6.11. The van der Waals surface area contributed by atoms with Crippen molar-refractivity contribution in [2.24, 2.45) is 5.84 Å². The number of hydrogen-bond donors (Lipinski definition) is 3. The quantitative estimate of drug-likeness (QED) is 0.554. The van der Waals surface area contributed by atoms with Crippen LogP contribution in [0.15, 0.2) is 17.2 Å². The molecule has 7 nitrogen and oxygen atoms in total. The van der Waals surface area contributed by atoms with Crippen LogP contribution in [-0.2, 0) is 10.0 Å². The van der Waals surface area contributed by atoms with Gasteiger partial charge in [-0.1, -0.05) is 11.6 Å². The number of piperidine rings is 1. The third-order valence-electron chi connectivity index (χ3n) is 3.23. The lowest BCUT2D eigenvalue weighted by molar-refractivity contribution is 0.00939. The van der Waals surface area contributed by atoms with Gasteiger partial charge in [-0.2, -0.15) is 4.31 Å². The molecule has 2 rings (SSSR count). The summed E-state index contributed by atoms with van der Waals surface area (Å²) in [6.07, 6.45) is 2.38. The molecule has 1 aliphatic heterocycles. The van der Waals surface area contributed by atoms with E-state index in [1.54, 1.807) is 6.92 Å². The molecule has 1 saturated heterocycles. The van der Waals surface area contributed by atoms with Crippen LogP contribution in [0, 0.1) is 0 Å². The maximum absolute atomic E-state index is 12.5. The third kappa shape index (κ3) is 3.04. The number of pyridine rings is 1. The minimum Gasteiger partial charge on any atom is -0.389 e. The highest BCUT2D eigenvalue weighted by Crippen LogP contribution is 2.28. The average molecular weight is 321 g/mol. The Morgan fingerprint density at radius 3 is 2.85 bits per heavy atom. The van der Waals surface area contributed by atoms with Crippen molar-refractivity contribution in [1.29, 1.82) is 0 Å². The number of rotatable bonds is 3. The van der Waals surface area contributed by atoms with Crippen LogP contribution in [0.5, 0.6) is 0 Å². The van der Waals surface area contributed by atoms with E-state index in [1.165, 1.54) is 16.6 Å². The van der Waals surface area contributed by atoms with Gasteiger partial charge < -0.3 is 10.5 Å². The molecule has 0 bridgehead atoms. The second kappa shape index (κ2) is 5.45. The summed E-state index contributed by atoms with van der Waals surface area (Å²) in [5, 5.41) is 10.1. The van der Waals surface area contributed by atoms with Gasteiger partial charge >= 0.3 is 0 Å². The number of nitrogens with two attached hydrogens (primary N) is 1. The van der Waals surface area contributed by atoms with Gasteiger partial charge in [0, 0.05) is 19.3 Å². The highest BCUT2D eigenvalue weighted by atomic mass is 35.5. The molecule has 9 heteroatoms. The van der Waals surface area contributed by atoms with Gasteiger partial charge in [-0.05, 0) is 25.8 Å². The highest BCUT2D eigenvalue weighted by molar-refractivity contribution is 7.89. The molecule has 1 aromatic heterocycles. The summed E-state index contributed by atoms with van der Waals surface area (Å²) in [4.78, 5) is 3.84. The van der Waals surface area contributed by atoms with E-state index >= 15 is 0 Å². The molecule has 1 aromatic rings. The number of aromatic nitrogens is 1. The number of sulfonamides is 1. The predicted molar refractivity (Wildman–Crippen MR) is 75.7 cm³/mol. The Morgan fingerprint density at radius 1 is 1.60 bits per heavy atom. The summed E-state index contributed by atoms with van der Waals surface area (Å²) in [5.41, 5.74) is 1.26. The number of anilines is 1. The van der Waals surface area contributed by atoms with E-state index in [0.717, 1.165) is 0 Å². The first kappa shape index (κ1) is 15.5.